The van der Waals surface area contributed by atoms with Crippen molar-refractivity contribution in [3.8, 4) is 0 Å². The number of benzene rings is 1. The number of hydrogen-bond donors (Lipinski definition) is 2. The SMILES string of the molecule is Nc1cnn(CCNc2ccccc2C(F)(F)F)c1. The molecule has 0 aliphatic rings. The van der Waals surface area contributed by atoms with Crippen LogP contribution in [0.4, 0.5) is 24.5 Å². The third kappa shape index (κ3) is 3.40. The van der Waals surface area contributed by atoms with Crippen LogP contribution >= 0.6 is 0 Å². The van der Waals surface area contributed by atoms with E-state index in [4.69, 9.17) is 5.73 Å². The molecular weight excluding hydrogens is 257 g/mol. The first-order chi connectivity index (χ1) is 8.97. The molecule has 3 N–H and O–H groups in total. The highest BCUT2D eigenvalue weighted by Gasteiger charge is 2.32. The van der Waals surface area contributed by atoms with Crippen LogP contribution in [0.3, 0.4) is 0 Å². The van der Waals surface area contributed by atoms with E-state index in [1.807, 2.05) is 0 Å². The Morgan fingerprint density at radius 3 is 2.63 bits per heavy atom. The van der Waals surface area contributed by atoms with E-state index in [-0.39, 0.29) is 5.69 Å². The molecule has 1 aromatic heterocycles. The summed E-state index contributed by atoms with van der Waals surface area (Å²) in [5, 5.41) is 6.70. The number of alkyl halides is 3. The highest BCUT2D eigenvalue weighted by molar-refractivity contribution is 5.52. The van der Waals surface area contributed by atoms with Gasteiger partial charge in [0.05, 0.1) is 24.0 Å². The number of nitrogens with one attached hydrogen (secondary N) is 1. The number of nitrogens with two attached hydrogens (primary N) is 1. The molecule has 0 saturated carbocycles. The van der Waals surface area contributed by atoms with Gasteiger partial charge in [-0.2, -0.15) is 18.3 Å². The summed E-state index contributed by atoms with van der Waals surface area (Å²) in [7, 11) is 0. The third-order valence-electron chi connectivity index (χ3n) is 2.54. The van der Waals surface area contributed by atoms with Gasteiger partial charge in [0.1, 0.15) is 0 Å². The normalized spacial score (nSPS) is 11.5. The minimum absolute atomic E-state index is 0.0649. The molecule has 0 spiro atoms. The van der Waals surface area contributed by atoms with Crippen LogP contribution in [0.15, 0.2) is 36.7 Å². The van der Waals surface area contributed by atoms with Crippen LogP contribution in [0.5, 0.6) is 0 Å². The largest absolute Gasteiger partial charge is 0.418 e. The average Bonchev–Trinajstić information content (AvgIpc) is 2.74. The fourth-order valence-electron chi connectivity index (χ4n) is 1.69. The molecule has 19 heavy (non-hydrogen) atoms. The number of rotatable bonds is 4. The summed E-state index contributed by atoms with van der Waals surface area (Å²) in [5.74, 6) is 0. The molecule has 1 aromatic carbocycles. The molecule has 0 amide bonds. The summed E-state index contributed by atoms with van der Waals surface area (Å²) in [6.07, 6.45) is -1.25. The molecule has 0 saturated heterocycles. The Bertz CT molecular complexity index is 548. The van der Waals surface area contributed by atoms with Crippen molar-refractivity contribution in [2.75, 3.05) is 17.6 Å². The first kappa shape index (κ1) is 13.3. The zero-order valence-corrected chi connectivity index (χ0v) is 9.98. The lowest BCUT2D eigenvalue weighted by Crippen LogP contribution is -2.15. The highest BCUT2D eigenvalue weighted by Crippen LogP contribution is 2.34. The van der Waals surface area contributed by atoms with Gasteiger partial charge in [0.25, 0.3) is 0 Å². The van der Waals surface area contributed by atoms with Crippen molar-refractivity contribution in [2.45, 2.75) is 12.7 Å². The Morgan fingerprint density at radius 1 is 1.26 bits per heavy atom. The number of para-hydroxylation sites is 1. The second-order valence-electron chi connectivity index (χ2n) is 4.01. The lowest BCUT2D eigenvalue weighted by molar-refractivity contribution is -0.136. The van der Waals surface area contributed by atoms with Crippen molar-refractivity contribution < 1.29 is 13.2 Å². The number of anilines is 2. The van der Waals surface area contributed by atoms with Crippen LogP contribution in [0.2, 0.25) is 0 Å². The summed E-state index contributed by atoms with van der Waals surface area (Å²) in [6, 6.07) is 5.38. The average molecular weight is 270 g/mol. The van der Waals surface area contributed by atoms with Gasteiger partial charge in [-0.05, 0) is 12.1 Å². The molecule has 0 unspecified atom stereocenters. The minimum atomic E-state index is -4.36. The van der Waals surface area contributed by atoms with E-state index in [1.165, 1.54) is 18.3 Å². The summed E-state index contributed by atoms with van der Waals surface area (Å²) in [5.41, 5.74) is 5.41. The van der Waals surface area contributed by atoms with Crippen LogP contribution in [-0.2, 0) is 12.7 Å². The van der Waals surface area contributed by atoms with Gasteiger partial charge in [-0.15, -0.1) is 0 Å². The summed E-state index contributed by atoms with van der Waals surface area (Å²) < 4.78 is 39.8. The van der Waals surface area contributed by atoms with Gasteiger partial charge in [0.2, 0.25) is 0 Å². The van der Waals surface area contributed by atoms with Crippen LogP contribution in [0, 0.1) is 0 Å². The van der Waals surface area contributed by atoms with Crippen molar-refractivity contribution in [2.24, 2.45) is 0 Å². The molecule has 2 rings (SSSR count). The molecule has 7 heteroatoms. The maximum Gasteiger partial charge on any atom is 0.418 e. The third-order valence-corrected chi connectivity index (χ3v) is 2.54. The lowest BCUT2D eigenvalue weighted by atomic mass is 10.1. The van der Waals surface area contributed by atoms with E-state index < -0.39 is 11.7 Å². The highest BCUT2D eigenvalue weighted by atomic mass is 19.4. The van der Waals surface area contributed by atoms with Gasteiger partial charge in [0.15, 0.2) is 0 Å². The Balaban J connectivity index is 2.00. The Morgan fingerprint density at radius 2 is 2.00 bits per heavy atom. The van der Waals surface area contributed by atoms with E-state index in [1.54, 1.807) is 16.9 Å². The second kappa shape index (κ2) is 5.21. The molecule has 0 aliphatic heterocycles. The van der Waals surface area contributed by atoms with Crippen molar-refractivity contribution in [1.82, 2.24) is 9.78 Å². The van der Waals surface area contributed by atoms with E-state index in [9.17, 15) is 13.2 Å². The van der Waals surface area contributed by atoms with Crippen molar-refractivity contribution >= 4 is 11.4 Å². The van der Waals surface area contributed by atoms with Gasteiger partial charge < -0.3 is 11.1 Å². The quantitative estimate of drug-likeness (QED) is 0.897. The lowest BCUT2D eigenvalue weighted by Gasteiger charge is -2.14. The predicted molar refractivity (Wildman–Crippen MR) is 66.6 cm³/mol. The maximum atomic E-state index is 12.7. The van der Waals surface area contributed by atoms with Gasteiger partial charge in [-0.25, -0.2) is 0 Å². The van der Waals surface area contributed by atoms with Crippen molar-refractivity contribution in [3.05, 3.63) is 42.2 Å². The van der Waals surface area contributed by atoms with E-state index in [2.05, 4.69) is 10.4 Å². The molecule has 0 atom stereocenters. The summed E-state index contributed by atoms with van der Waals surface area (Å²) >= 11 is 0. The topological polar surface area (TPSA) is 55.9 Å². The Labute approximate surface area is 108 Å². The first-order valence-electron chi connectivity index (χ1n) is 5.65. The smallest absolute Gasteiger partial charge is 0.396 e. The molecule has 2 aromatic rings. The second-order valence-corrected chi connectivity index (χ2v) is 4.01. The fraction of sp³-hybridized carbons (Fsp3) is 0.250. The summed E-state index contributed by atoms with van der Waals surface area (Å²) in [6.45, 7) is 0.762. The van der Waals surface area contributed by atoms with E-state index in [0.29, 0.717) is 18.8 Å². The Kier molecular flexibility index (Phi) is 3.64. The van der Waals surface area contributed by atoms with Gasteiger partial charge >= 0.3 is 6.18 Å². The van der Waals surface area contributed by atoms with Gasteiger partial charge in [-0.1, -0.05) is 12.1 Å². The fourth-order valence-corrected chi connectivity index (χ4v) is 1.69. The number of hydrogen-bond acceptors (Lipinski definition) is 3. The van der Waals surface area contributed by atoms with Crippen LogP contribution in [0.25, 0.3) is 0 Å². The predicted octanol–water partition coefficient (Wildman–Crippen LogP) is 2.60. The maximum absolute atomic E-state index is 12.7. The standard InChI is InChI=1S/C12H13F3N4/c13-12(14,15)10-3-1-2-4-11(10)17-5-6-19-8-9(16)7-18-19/h1-4,7-8,17H,5-6,16H2. The van der Waals surface area contributed by atoms with Crippen molar-refractivity contribution in [1.29, 1.82) is 0 Å². The number of halogens is 3. The van der Waals surface area contributed by atoms with Crippen molar-refractivity contribution in [3.63, 3.8) is 0 Å². The van der Waals surface area contributed by atoms with Gasteiger partial charge in [0, 0.05) is 18.4 Å². The molecule has 0 aliphatic carbocycles. The first-order valence-corrected chi connectivity index (χ1v) is 5.65. The van der Waals surface area contributed by atoms with Crippen LogP contribution < -0.4 is 11.1 Å². The molecular formula is C12H13F3N4. The monoisotopic (exact) mass is 270 g/mol. The molecule has 0 radical (unpaired) electrons. The molecule has 0 fully saturated rings. The van der Waals surface area contributed by atoms with E-state index >= 15 is 0 Å². The molecule has 0 bridgehead atoms. The summed E-state index contributed by atoms with van der Waals surface area (Å²) in [4.78, 5) is 0. The Hall–Kier alpha value is -2.18. The van der Waals surface area contributed by atoms with Gasteiger partial charge in [-0.3, -0.25) is 4.68 Å². The molecule has 1 heterocycles. The number of aromatic nitrogens is 2. The van der Waals surface area contributed by atoms with Crippen LogP contribution in [-0.4, -0.2) is 16.3 Å². The number of nitrogens with zero attached hydrogens (tertiary/aromatic N) is 2. The van der Waals surface area contributed by atoms with Crippen LogP contribution in [0.1, 0.15) is 5.56 Å². The zero-order chi connectivity index (χ0) is 13.9. The minimum Gasteiger partial charge on any atom is -0.396 e. The number of nitrogen functional groups attached to an aromatic ring is 1. The molecule has 4 nitrogen and oxygen atoms in total. The van der Waals surface area contributed by atoms with E-state index in [0.717, 1.165) is 6.07 Å². The zero-order valence-electron chi connectivity index (χ0n) is 9.98. The molecule has 102 valence electrons.